The van der Waals surface area contributed by atoms with Gasteiger partial charge in [0.1, 0.15) is 0 Å². The molecule has 0 bridgehead atoms. The highest BCUT2D eigenvalue weighted by Gasteiger charge is 2.20. The van der Waals surface area contributed by atoms with Crippen LogP contribution < -0.4 is 10.9 Å². The molecule has 3 aromatic rings. The van der Waals surface area contributed by atoms with Gasteiger partial charge in [-0.2, -0.15) is 0 Å². The standard InChI is InChI=1S/C19H17ClN2O/c1-12-8-14(20)7-6-13(12)11-22-18-5-3-2-4-15(18)16-9-21-10-17(16)19(22)23/h2-8,21H,9-11H2,1H3. The molecule has 1 aliphatic rings. The number of aryl methyl sites for hydroxylation is 1. The number of aromatic nitrogens is 1. The fourth-order valence-corrected chi connectivity index (χ4v) is 3.62. The van der Waals surface area contributed by atoms with E-state index in [1.54, 1.807) is 0 Å². The number of halogens is 1. The topological polar surface area (TPSA) is 34.0 Å². The minimum atomic E-state index is 0.109. The summed E-state index contributed by atoms with van der Waals surface area (Å²) in [5, 5.41) is 5.19. The molecular formula is C19H17ClN2O. The Kier molecular flexibility index (Phi) is 3.47. The molecule has 1 N–H and O–H groups in total. The van der Waals surface area contributed by atoms with Crippen LogP contribution in [-0.4, -0.2) is 4.57 Å². The third-order valence-electron chi connectivity index (χ3n) is 4.62. The van der Waals surface area contributed by atoms with Crippen LogP contribution in [0.5, 0.6) is 0 Å². The minimum Gasteiger partial charge on any atom is -0.308 e. The summed E-state index contributed by atoms with van der Waals surface area (Å²) in [5.41, 5.74) is 5.37. The highest BCUT2D eigenvalue weighted by Crippen LogP contribution is 2.24. The van der Waals surface area contributed by atoms with Crippen LogP contribution in [0.2, 0.25) is 5.02 Å². The lowest BCUT2D eigenvalue weighted by Gasteiger charge is -2.15. The molecule has 0 saturated heterocycles. The number of hydrogen-bond donors (Lipinski definition) is 1. The molecular weight excluding hydrogens is 308 g/mol. The van der Waals surface area contributed by atoms with Crippen molar-refractivity contribution in [2.75, 3.05) is 0 Å². The lowest BCUT2D eigenvalue weighted by atomic mass is 10.0. The Bertz CT molecular complexity index is 975. The highest BCUT2D eigenvalue weighted by atomic mass is 35.5. The van der Waals surface area contributed by atoms with Crippen LogP contribution in [0.1, 0.15) is 22.3 Å². The second-order valence-corrected chi connectivity index (χ2v) is 6.48. The SMILES string of the molecule is Cc1cc(Cl)ccc1Cn1c(=O)c2c(c3ccccc31)CNC2. The molecule has 2 aromatic carbocycles. The van der Waals surface area contributed by atoms with Crippen molar-refractivity contribution in [3.8, 4) is 0 Å². The molecule has 0 spiro atoms. The van der Waals surface area contributed by atoms with Crippen molar-refractivity contribution in [2.24, 2.45) is 0 Å². The fourth-order valence-electron chi connectivity index (χ4n) is 3.39. The molecule has 2 heterocycles. The number of rotatable bonds is 2. The van der Waals surface area contributed by atoms with Crippen LogP contribution in [0.25, 0.3) is 10.9 Å². The summed E-state index contributed by atoms with van der Waals surface area (Å²) >= 11 is 6.05. The first kappa shape index (κ1) is 14.5. The average molecular weight is 325 g/mol. The summed E-state index contributed by atoms with van der Waals surface area (Å²) < 4.78 is 1.89. The normalized spacial score (nSPS) is 13.5. The lowest BCUT2D eigenvalue weighted by Crippen LogP contribution is -2.25. The van der Waals surface area contributed by atoms with Crippen LogP contribution in [0, 0.1) is 6.92 Å². The van der Waals surface area contributed by atoms with Gasteiger partial charge in [0, 0.05) is 29.1 Å². The van der Waals surface area contributed by atoms with E-state index >= 15 is 0 Å². The number of nitrogens with one attached hydrogen (secondary N) is 1. The van der Waals surface area contributed by atoms with E-state index in [1.165, 1.54) is 5.39 Å². The van der Waals surface area contributed by atoms with Crippen molar-refractivity contribution in [2.45, 2.75) is 26.6 Å². The van der Waals surface area contributed by atoms with E-state index in [4.69, 9.17) is 11.6 Å². The first-order valence-electron chi connectivity index (χ1n) is 7.74. The van der Waals surface area contributed by atoms with E-state index in [0.717, 1.165) is 39.3 Å². The molecule has 116 valence electrons. The number of fused-ring (bicyclic) bond motifs is 3. The second-order valence-electron chi connectivity index (χ2n) is 6.04. The van der Waals surface area contributed by atoms with Crippen molar-refractivity contribution in [1.82, 2.24) is 9.88 Å². The Balaban J connectivity index is 1.95. The van der Waals surface area contributed by atoms with Crippen LogP contribution in [0.3, 0.4) is 0 Å². The number of pyridine rings is 1. The smallest absolute Gasteiger partial charge is 0.256 e. The van der Waals surface area contributed by atoms with Crippen LogP contribution >= 0.6 is 11.6 Å². The Morgan fingerprint density at radius 2 is 1.91 bits per heavy atom. The largest absolute Gasteiger partial charge is 0.308 e. The van der Waals surface area contributed by atoms with Crippen molar-refractivity contribution in [3.05, 3.63) is 80.1 Å². The van der Waals surface area contributed by atoms with E-state index < -0.39 is 0 Å². The Hall–Kier alpha value is -2.10. The molecule has 0 aliphatic carbocycles. The number of benzene rings is 2. The molecule has 1 aliphatic heterocycles. The Morgan fingerprint density at radius 3 is 2.74 bits per heavy atom. The molecule has 4 heteroatoms. The zero-order chi connectivity index (χ0) is 16.0. The van der Waals surface area contributed by atoms with Crippen molar-refractivity contribution in [3.63, 3.8) is 0 Å². The fraction of sp³-hybridized carbons (Fsp3) is 0.211. The summed E-state index contributed by atoms with van der Waals surface area (Å²) in [5.74, 6) is 0. The van der Waals surface area contributed by atoms with Gasteiger partial charge in [-0.25, -0.2) is 0 Å². The molecule has 1 aromatic heterocycles. The van der Waals surface area contributed by atoms with Gasteiger partial charge in [-0.1, -0.05) is 35.9 Å². The maximum Gasteiger partial charge on any atom is 0.256 e. The summed E-state index contributed by atoms with van der Waals surface area (Å²) in [6.45, 7) is 4.02. The summed E-state index contributed by atoms with van der Waals surface area (Å²) in [6.07, 6.45) is 0. The van der Waals surface area contributed by atoms with Gasteiger partial charge in [-0.05, 0) is 41.8 Å². The van der Waals surface area contributed by atoms with E-state index in [0.29, 0.717) is 13.1 Å². The number of para-hydroxylation sites is 1. The molecule has 0 fully saturated rings. The third kappa shape index (κ3) is 2.37. The first-order valence-corrected chi connectivity index (χ1v) is 8.12. The Morgan fingerprint density at radius 1 is 1.13 bits per heavy atom. The van der Waals surface area contributed by atoms with E-state index in [1.807, 2.05) is 47.9 Å². The third-order valence-corrected chi connectivity index (χ3v) is 4.86. The monoisotopic (exact) mass is 324 g/mol. The molecule has 23 heavy (non-hydrogen) atoms. The molecule has 0 unspecified atom stereocenters. The van der Waals surface area contributed by atoms with Gasteiger partial charge in [0.2, 0.25) is 0 Å². The predicted octanol–water partition coefficient (Wildman–Crippen LogP) is 3.61. The van der Waals surface area contributed by atoms with Gasteiger partial charge in [0.15, 0.2) is 0 Å². The van der Waals surface area contributed by atoms with E-state index in [2.05, 4.69) is 11.4 Å². The molecule has 0 atom stereocenters. The highest BCUT2D eigenvalue weighted by molar-refractivity contribution is 6.30. The number of nitrogens with zero attached hydrogens (tertiary/aromatic N) is 1. The molecule has 4 rings (SSSR count). The van der Waals surface area contributed by atoms with Crippen molar-refractivity contribution in [1.29, 1.82) is 0 Å². The van der Waals surface area contributed by atoms with E-state index in [9.17, 15) is 4.79 Å². The first-order chi connectivity index (χ1) is 11.1. The minimum absolute atomic E-state index is 0.109. The van der Waals surface area contributed by atoms with Gasteiger partial charge >= 0.3 is 0 Å². The second kappa shape index (κ2) is 5.52. The molecule has 0 radical (unpaired) electrons. The zero-order valence-electron chi connectivity index (χ0n) is 12.9. The van der Waals surface area contributed by atoms with Crippen LogP contribution in [0.15, 0.2) is 47.3 Å². The summed E-state index contributed by atoms with van der Waals surface area (Å²) in [6, 6.07) is 14.0. The predicted molar refractivity (Wildman–Crippen MR) is 94.0 cm³/mol. The maximum absolute atomic E-state index is 13.0. The average Bonchev–Trinajstić information content (AvgIpc) is 3.03. The molecule has 0 saturated carbocycles. The van der Waals surface area contributed by atoms with Gasteiger partial charge in [0.05, 0.1) is 12.1 Å². The van der Waals surface area contributed by atoms with Crippen LogP contribution in [0.4, 0.5) is 0 Å². The molecule has 0 amide bonds. The van der Waals surface area contributed by atoms with Crippen LogP contribution in [-0.2, 0) is 19.6 Å². The van der Waals surface area contributed by atoms with Crippen molar-refractivity contribution >= 4 is 22.5 Å². The summed E-state index contributed by atoms with van der Waals surface area (Å²) in [7, 11) is 0. The number of hydrogen-bond acceptors (Lipinski definition) is 2. The van der Waals surface area contributed by atoms with Gasteiger partial charge in [-0.3, -0.25) is 4.79 Å². The molecule has 3 nitrogen and oxygen atoms in total. The van der Waals surface area contributed by atoms with Gasteiger partial charge in [-0.15, -0.1) is 0 Å². The van der Waals surface area contributed by atoms with Crippen molar-refractivity contribution < 1.29 is 0 Å². The van der Waals surface area contributed by atoms with Gasteiger partial charge < -0.3 is 9.88 Å². The van der Waals surface area contributed by atoms with E-state index in [-0.39, 0.29) is 5.56 Å². The zero-order valence-corrected chi connectivity index (χ0v) is 13.7. The van der Waals surface area contributed by atoms with Gasteiger partial charge in [0.25, 0.3) is 5.56 Å². The summed E-state index contributed by atoms with van der Waals surface area (Å²) in [4.78, 5) is 13.0. The lowest BCUT2D eigenvalue weighted by molar-refractivity contribution is 0.746. The maximum atomic E-state index is 13.0. The Labute approximate surface area is 139 Å². The quantitative estimate of drug-likeness (QED) is 0.781.